The topological polar surface area (TPSA) is 50.3 Å². The molecular weight excluding hydrogens is 348 g/mol. The zero-order chi connectivity index (χ0) is 19.2. The summed E-state index contributed by atoms with van der Waals surface area (Å²) in [6.45, 7) is 3.28. The Bertz CT molecular complexity index is 883. The van der Waals surface area contributed by atoms with Crippen LogP contribution in [-0.2, 0) is 0 Å². The van der Waals surface area contributed by atoms with Crippen LogP contribution in [0.2, 0.25) is 0 Å². The van der Waals surface area contributed by atoms with Crippen molar-refractivity contribution in [1.29, 1.82) is 0 Å². The Kier molecular flexibility index (Phi) is 5.71. The maximum Gasteiger partial charge on any atom is 0.227 e. The maximum absolute atomic E-state index is 5.85. The van der Waals surface area contributed by atoms with Crippen LogP contribution in [0.1, 0.15) is 32.6 Å². The molecular formula is C23H26N4O. The van der Waals surface area contributed by atoms with E-state index in [4.69, 9.17) is 9.72 Å². The van der Waals surface area contributed by atoms with Gasteiger partial charge in [0.25, 0.3) is 0 Å². The second-order valence-corrected chi connectivity index (χ2v) is 7.06. The number of nitrogens with one attached hydrogen (secondary N) is 1. The minimum atomic E-state index is 0.540. The first-order chi connectivity index (χ1) is 13.8. The Morgan fingerprint density at radius 2 is 1.79 bits per heavy atom. The van der Waals surface area contributed by atoms with Crippen molar-refractivity contribution in [2.75, 3.05) is 16.8 Å². The molecule has 1 saturated heterocycles. The zero-order valence-corrected chi connectivity index (χ0v) is 16.2. The van der Waals surface area contributed by atoms with Crippen molar-refractivity contribution in [3.63, 3.8) is 0 Å². The van der Waals surface area contributed by atoms with Crippen molar-refractivity contribution in [3.05, 3.63) is 66.9 Å². The summed E-state index contributed by atoms with van der Waals surface area (Å²) in [5.41, 5.74) is 0.968. The number of hydrogen-bond acceptors (Lipinski definition) is 5. The van der Waals surface area contributed by atoms with Crippen molar-refractivity contribution in [3.8, 4) is 11.5 Å². The molecule has 2 heterocycles. The Labute approximate surface area is 166 Å². The van der Waals surface area contributed by atoms with E-state index in [9.17, 15) is 0 Å². The van der Waals surface area contributed by atoms with Gasteiger partial charge in [0.15, 0.2) is 0 Å². The minimum Gasteiger partial charge on any atom is -0.457 e. The second kappa shape index (κ2) is 8.74. The molecule has 0 bridgehead atoms. The molecule has 2 aromatic carbocycles. The number of aromatic nitrogens is 2. The highest BCUT2D eigenvalue weighted by Gasteiger charge is 2.23. The lowest BCUT2D eigenvalue weighted by Crippen LogP contribution is -2.40. The molecule has 1 N–H and O–H groups in total. The standard InChI is InChI=1S/C23H26N4O/c1-2-19-8-6-7-17-27(19)23-24-16-15-22(26-23)25-18-11-13-21(14-12-18)28-20-9-4-3-5-10-20/h3-5,9-16,19H,2,6-8,17H2,1H3,(H,24,25,26). The molecule has 1 unspecified atom stereocenters. The first kappa shape index (κ1) is 18.3. The lowest BCUT2D eigenvalue weighted by Gasteiger charge is -2.35. The fraction of sp³-hybridized carbons (Fsp3) is 0.304. The average Bonchev–Trinajstić information content (AvgIpc) is 2.76. The summed E-state index contributed by atoms with van der Waals surface area (Å²) in [5, 5.41) is 3.37. The van der Waals surface area contributed by atoms with Crippen LogP contribution in [0.3, 0.4) is 0 Å². The molecule has 5 heteroatoms. The van der Waals surface area contributed by atoms with E-state index in [1.807, 2.05) is 66.9 Å². The molecule has 144 valence electrons. The molecule has 0 amide bonds. The number of para-hydroxylation sites is 1. The van der Waals surface area contributed by atoms with Gasteiger partial charge in [-0.3, -0.25) is 0 Å². The number of ether oxygens (including phenoxy) is 1. The summed E-state index contributed by atoms with van der Waals surface area (Å²) in [4.78, 5) is 11.6. The number of anilines is 3. The monoisotopic (exact) mass is 374 g/mol. The van der Waals surface area contributed by atoms with Gasteiger partial charge in [0.05, 0.1) is 0 Å². The van der Waals surface area contributed by atoms with Gasteiger partial charge >= 0.3 is 0 Å². The van der Waals surface area contributed by atoms with E-state index in [1.54, 1.807) is 0 Å². The van der Waals surface area contributed by atoms with Crippen molar-refractivity contribution >= 4 is 17.5 Å². The van der Waals surface area contributed by atoms with E-state index in [1.165, 1.54) is 19.3 Å². The molecule has 0 aliphatic carbocycles. The summed E-state index contributed by atoms with van der Waals surface area (Å²) in [6.07, 6.45) is 6.69. The van der Waals surface area contributed by atoms with E-state index in [0.717, 1.165) is 41.9 Å². The van der Waals surface area contributed by atoms with E-state index in [2.05, 4.69) is 22.1 Å². The fourth-order valence-electron chi connectivity index (χ4n) is 3.62. The van der Waals surface area contributed by atoms with Crippen LogP contribution in [0, 0.1) is 0 Å². The number of benzene rings is 2. The van der Waals surface area contributed by atoms with Crippen LogP contribution in [0.15, 0.2) is 66.9 Å². The summed E-state index contributed by atoms with van der Waals surface area (Å²) in [6, 6.07) is 20.1. The molecule has 1 fully saturated rings. The van der Waals surface area contributed by atoms with Gasteiger partial charge in [0.1, 0.15) is 17.3 Å². The number of piperidine rings is 1. The second-order valence-electron chi connectivity index (χ2n) is 7.06. The molecule has 1 aliphatic heterocycles. The first-order valence-corrected chi connectivity index (χ1v) is 10.0. The third kappa shape index (κ3) is 4.42. The average molecular weight is 374 g/mol. The van der Waals surface area contributed by atoms with Crippen LogP contribution in [-0.4, -0.2) is 22.6 Å². The lowest BCUT2D eigenvalue weighted by molar-refractivity contribution is 0.443. The molecule has 0 radical (unpaired) electrons. The van der Waals surface area contributed by atoms with Crippen molar-refractivity contribution in [2.24, 2.45) is 0 Å². The van der Waals surface area contributed by atoms with Gasteiger partial charge in [-0.05, 0) is 68.1 Å². The van der Waals surface area contributed by atoms with E-state index < -0.39 is 0 Å². The summed E-state index contributed by atoms with van der Waals surface area (Å²) < 4.78 is 5.85. The van der Waals surface area contributed by atoms with Crippen LogP contribution in [0.25, 0.3) is 0 Å². The van der Waals surface area contributed by atoms with Crippen molar-refractivity contribution in [1.82, 2.24) is 9.97 Å². The quantitative estimate of drug-likeness (QED) is 0.592. The highest BCUT2D eigenvalue weighted by atomic mass is 16.5. The molecule has 1 aliphatic rings. The van der Waals surface area contributed by atoms with Gasteiger partial charge in [-0.15, -0.1) is 0 Å². The molecule has 4 rings (SSSR count). The van der Waals surface area contributed by atoms with E-state index in [-0.39, 0.29) is 0 Å². The Morgan fingerprint density at radius 1 is 1.00 bits per heavy atom. The van der Waals surface area contributed by atoms with Gasteiger partial charge in [0, 0.05) is 24.5 Å². The summed E-state index contributed by atoms with van der Waals surface area (Å²) in [7, 11) is 0. The van der Waals surface area contributed by atoms with E-state index in [0.29, 0.717) is 6.04 Å². The largest absolute Gasteiger partial charge is 0.457 e. The maximum atomic E-state index is 5.85. The predicted octanol–water partition coefficient (Wildman–Crippen LogP) is 5.78. The van der Waals surface area contributed by atoms with Gasteiger partial charge < -0.3 is 15.0 Å². The summed E-state index contributed by atoms with van der Waals surface area (Å²) in [5.74, 6) is 3.26. The van der Waals surface area contributed by atoms with Crippen LogP contribution < -0.4 is 15.0 Å². The first-order valence-electron chi connectivity index (χ1n) is 10.0. The minimum absolute atomic E-state index is 0.540. The fourth-order valence-corrected chi connectivity index (χ4v) is 3.62. The molecule has 0 spiro atoms. The molecule has 1 aromatic heterocycles. The molecule has 0 saturated carbocycles. The van der Waals surface area contributed by atoms with Gasteiger partial charge in [-0.25, -0.2) is 4.98 Å². The van der Waals surface area contributed by atoms with Gasteiger partial charge in [-0.1, -0.05) is 25.1 Å². The Balaban J connectivity index is 1.44. The van der Waals surface area contributed by atoms with E-state index >= 15 is 0 Å². The summed E-state index contributed by atoms with van der Waals surface area (Å²) >= 11 is 0. The van der Waals surface area contributed by atoms with Crippen molar-refractivity contribution < 1.29 is 4.74 Å². The van der Waals surface area contributed by atoms with Crippen LogP contribution in [0.4, 0.5) is 17.5 Å². The van der Waals surface area contributed by atoms with Crippen LogP contribution in [0.5, 0.6) is 11.5 Å². The van der Waals surface area contributed by atoms with Gasteiger partial charge in [0.2, 0.25) is 5.95 Å². The molecule has 1 atom stereocenters. The normalized spacial score (nSPS) is 16.6. The number of hydrogen-bond donors (Lipinski definition) is 1. The third-order valence-electron chi connectivity index (χ3n) is 5.10. The SMILES string of the molecule is CCC1CCCCN1c1nccc(Nc2ccc(Oc3ccccc3)cc2)n1. The Hall–Kier alpha value is -3.08. The molecule has 3 aromatic rings. The molecule has 5 nitrogen and oxygen atoms in total. The number of rotatable bonds is 6. The highest BCUT2D eigenvalue weighted by molar-refractivity contribution is 5.58. The van der Waals surface area contributed by atoms with Crippen molar-refractivity contribution in [2.45, 2.75) is 38.6 Å². The third-order valence-corrected chi connectivity index (χ3v) is 5.10. The highest BCUT2D eigenvalue weighted by Crippen LogP contribution is 2.26. The predicted molar refractivity (Wildman–Crippen MR) is 114 cm³/mol. The number of nitrogens with zero attached hydrogens (tertiary/aromatic N) is 3. The lowest BCUT2D eigenvalue weighted by atomic mass is 10.0. The smallest absolute Gasteiger partial charge is 0.227 e. The Morgan fingerprint density at radius 3 is 2.57 bits per heavy atom. The van der Waals surface area contributed by atoms with Crippen LogP contribution >= 0.6 is 0 Å². The van der Waals surface area contributed by atoms with Gasteiger partial charge in [-0.2, -0.15) is 4.98 Å². The molecule has 28 heavy (non-hydrogen) atoms. The zero-order valence-electron chi connectivity index (χ0n) is 16.2.